The molecule has 7 rings (SSSR count). The van der Waals surface area contributed by atoms with Crippen molar-refractivity contribution in [1.82, 2.24) is 0 Å². The monoisotopic (exact) mass is 944 g/mol. The molecule has 0 fully saturated rings. The van der Waals surface area contributed by atoms with Gasteiger partial charge in [0.15, 0.2) is 0 Å². The van der Waals surface area contributed by atoms with Gasteiger partial charge in [0.1, 0.15) is 0 Å². The van der Waals surface area contributed by atoms with Crippen molar-refractivity contribution in [3.63, 3.8) is 0 Å². The SMILES string of the molecule is CCCCCCN1c2ccccc2Sc2cc(/C=C/c3cc(I)c(/C=C/c4ccc5c(c4)Sc4ccccc4N5CCCCCC)cc3I)ccc21. The molecule has 0 aromatic heterocycles. The Hall–Kier alpha value is -2.66. The Kier molecular flexibility index (Phi) is 13.1. The molecular weight excluding hydrogens is 898 g/mol. The van der Waals surface area contributed by atoms with Gasteiger partial charge < -0.3 is 9.80 Å². The lowest BCUT2D eigenvalue weighted by Crippen LogP contribution is -2.22. The van der Waals surface area contributed by atoms with Gasteiger partial charge in [-0.15, -0.1) is 0 Å². The number of nitrogens with zero attached hydrogens (tertiary/aromatic N) is 2. The highest BCUT2D eigenvalue weighted by Crippen LogP contribution is 2.50. The summed E-state index contributed by atoms with van der Waals surface area (Å²) in [6, 6.07) is 36.3. The Morgan fingerprint density at radius 3 is 1.33 bits per heavy atom. The number of anilines is 4. The quantitative estimate of drug-likeness (QED) is 0.0621. The standard InChI is InChI=1S/C46H46I2N2S2/c1-3-5-7-13-27-49-39-15-9-11-17-43(39)51-45-29-33(21-25-41(45)49)19-23-35-31-38(48)36(32-37(35)47)24-20-34-22-26-42-46(30-34)52-44-18-12-10-16-40(44)50(42)28-14-8-6-4-2/h9-12,15-26,29-32H,3-8,13-14,27-28H2,1-2H3/b23-19+,24-20+. The molecule has 2 nitrogen and oxygen atoms in total. The molecule has 6 heteroatoms. The van der Waals surface area contributed by atoms with E-state index in [4.69, 9.17) is 0 Å². The van der Waals surface area contributed by atoms with E-state index in [2.05, 4.69) is 190 Å². The molecule has 0 bridgehead atoms. The van der Waals surface area contributed by atoms with Crippen LogP contribution in [0.2, 0.25) is 0 Å². The molecule has 0 unspecified atom stereocenters. The first-order chi connectivity index (χ1) is 25.5. The Labute approximate surface area is 346 Å². The van der Waals surface area contributed by atoms with Gasteiger partial charge in [-0.1, -0.05) is 137 Å². The lowest BCUT2D eigenvalue weighted by atomic mass is 10.1. The van der Waals surface area contributed by atoms with Crippen LogP contribution >= 0.6 is 68.7 Å². The molecule has 2 aliphatic rings. The molecule has 0 aliphatic carbocycles. The van der Waals surface area contributed by atoms with Crippen LogP contribution < -0.4 is 9.80 Å². The van der Waals surface area contributed by atoms with Crippen molar-refractivity contribution in [2.75, 3.05) is 22.9 Å². The lowest BCUT2D eigenvalue weighted by Gasteiger charge is -2.33. The fourth-order valence-electron chi connectivity index (χ4n) is 6.99. The molecule has 2 heterocycles. The Morgan fingerprint density at radius 1 is 0.462 bits per heavy atom. The summed E-state index contributed by atoms with van der Waals surface area (Å²) in [5.74, 6) is 0. The highest BCUT2D eigenvalue weighted by Gasteiger charge is 2.24. The first-order valence-corrected chi connectivity index (χ1v) is 22.5. The Morgan fingerprint density at radius 2 is 0.885 bits per heavy atom. The van der Waals surface area contributed by atoms with Crippen LogP contribution in [0, 0.1) is 7.14 Å². The van der Waals surface area contributed by atoms with Crippen molar-refractivity contribution in [2.24, 2.45) is 0 Å². The van der Waals surface area contributed by atoms with Crippen LogP contribution in [0.1, 0.15) is 87.5 Å². The minimum atomic E-state index is 1.06. The normalized spacial score (nSPS) is 13.4. The van der Waals surface area contributed by atoms with Crippen LogP contribution in [0.3, 0.4) is 0 Å². The number of benzene rings is 5. The summed E-state index contributed by atoms with van der Waals surface area (Å²) in [5.41, 5.74) is 10.3. The van der Waals surface area contributed by atoms with Gasteiger partial charge in [0.05, 0.1) is 22.7 Å². The minimum Gasteiger partial charge on any atom is -0.340 e. The van der Waals surface area contributed by atoms with Gasteiger partial charge in [0.25, 0.3) is 0 Å². The zero-order chi connectivity index (χ0) is 35.9. The summed E-state index contributed by atoms with van der Waals surface area (Å²) < 4.78 is 2.51. The molecule has 0 N–H and O–H groups in total. The summed E-state index contributed by atoms with van der Waals surface area (Å²) in [5, 5.41) is 0. The molecule has 0 saturated heterocycles. The van der Waals surface area contributed by atoms with Crippen molar-refractivity contribution < 1.29 is 0 Å². The lowest BCUT2D eigenvalue weighted by molar-refractivity contribution is 0.665. The third kappa shape index (κ3) is 8.82. The zero-order valence-corrected chi connectivity index (χ0v) is 36.0. The molecule has 266 valence electrons. The number of hydrogen-bond donors (Lipinski definition) is 0. The van der Waals surface area contributed by atoms with E-state index < -0.39 is 0 Å². The molecule has 0 radical (unpaired) electrons. The van der Waals surface area contributed by atoms with Crippen LogP contribution in [0.25, 0.3) is 24.3 Å². The van der Waals surface area contributed by atoms with Crippen LogP contribution in [-0.4, -0.2) is 13.1 Å². The van der Waals surface area contributed by atoms with E-state index in [1.54, 1.807) is 0 Å². The number of halogens is 2. The molecule has 5 aromatic carbocycles. The number of rotatable bonds is 14. The average Bonchev–Trinajstić information content (AvgIpc) is 3.16. The molecule has 5 aromatic rings. The van der Waals surface area contributed by atoms with E-state index in [0.29, 0.717) is 0 Å². The van der Waals surface area contributed by atoms with E-state index in [1.807, 2.05) is 23.5 Å². The summed E-state index contributed by atoms with van der Waals surface area (Å²) in [6.07, 6.45) is 19.2. The first-order valence-electron chi connectivity index (χ1n) is 18.7. The molecule has 0 atom stereocenters. The maximum absolute atomic E-state index is 2.54. The first kappa shape index (κ1) is 37.6. The van der Waals surface area contributed by atoms with Gasteiger partial charge in [-0.05, 0) is 141 Å². The van der Waals surface area contributed by atoms with Gasteiger partial charge in [-0.2, -0.15) is 0 Å². The van der Waals surface area contributed by atoms with Crippen molar-refractivity contribution in [3.05, 3.63) is 126 Å². The number of unbranched alkanes of at least 4 members (excludes halogenated alkanes) is 6. The molecule has 0 spiro atoms. The van der Waals surface area contributed by atoms with Gasteiger partial charge in [-0.3, -0.25) is 0 Å². The van der Waals surface area contributed by atoms with E-state index in [1.165, 1.54) is 123 Å². The predicted octanol–water partition coefficient (Wildman–Crippen LogP) is 15.6. The van der Waals surface area contributed by atoms with E-state index in [9.17, 15) is 0 Å². The van der Waals surface area contributed by atoms with Crippen LogP contribution in [0.5, 0.6) is 0 Å². The second-order valence-electron chi connectivity index (χ2n) is 13.6. The second kappa shape index (κ2) is 18.1. The zero-order valence-electron chi connectivity index (χ0n) is 30.1. The average molecular weight is 945 g/mol. The summed E-state index contributed by atoms with van der Waals surface area (Å²) in [6.45, 7) is 6.69. The Balaban J connectivity index is 1.06. The fourth-order valence-corrected chi connectivity index (χ4v) is 10.6. The van der Waals surface area contributed by atoms with Crippen LogP contribution in [0.4, 0.5) is 22.7 Å². The smallest absolute Gasteiger partial charge is 0.0553 e. The van der Waals surface area contributed by atoms with E-state index >= 15 is 0 Å². The number of fused-ring (bicyclic) bond motifs is 4. The predicted molar refractivity (Wildman–Crippen MR) is 246 cm³/mol. The molecule has 52 heavy (non-hydrogen) atoms. The Bertz CT molecular complexity index is 1940. The topological polar surface area (TPSA) is 6.48 Å². The third-order valence-electron chi connectivity index (χ3n) is 9.80. The van der Waals surface area contributed by atoms with E-state index in [0.717, 1.165) is 13.1 Å². The molecular formula is C46H46I2N2S2. The summed E-state index contributed by atoms with van der Waals surface area (Å²) in [4.78, 5) is 10.4. The van der Waals surface area contributed by atoms with Crippen LogP contribution in [-0.2, 0) is 0 Å². The van der Waals surface area contributed by atoms with Gasteiger partial charge >= 0.3 is 0 Å². The highest BCUT2D eigenvalue weighted by atomic mass is 127. The number of hydrogen-bond acceptors (Lipinski definition) is 4. The number of para-hydroxylation sites is 2. The maximum atomic E-state index is 2.54. The van der Waals surface area contributed by atoms with Crippen molar-refractivity contribution in [3.8, 4) is 0 Å². The summed E-state index contributed by atoms with van der Waals surface area (Å²) >= 11 is 8.78. The van der Waals surface area contributed by atoms with Crippen molar-refractivity contribution >= 4 is 116 Å². The largest absolute Gasteiger partial charge is 0.340 e. The molecule has 2 aliphatic heterocycles. The van der Waals surface area contributed by atoms with Gasteiger partial charge in [-0.25, -0.2) is 0 Å². The molecule has 0 saturated carbocycles. The van der Waals surface area contributed by atoms with E-state index in [-0.39, 0.29) is 0 Å². The highest BCUT2D eigenvalue weighted by molar-refractivity contribution is 14.1. The van der Waals surface area contributed by atoms with Crippen molar-refractivity contribution in [1.29, 1.82) is 0 Å². The second-order valence-corrected chi connectivity index (χ2v) is 18.1. The summed E-state index contributed by atoms with van der Waals surface area (Å²) in [7, 11) is 0. The van der Waals surface area contributed by atoms with Crippen LogP contribution in [0.15, 0.2) is 117 Å². The third-order valence-corrected chi connectivity index (χ3v) is 13.9. The fraction of sp³-hybridized carbons (Fsp3) is 0.261. The van der Waals surface area contributed by atoms with Crippen molar-refractivity contribution in [2.45, 2.75) is 84.8 Å². The van der Waals surface area contributed by atoms with Gasteiger partial charge in [0.2, 0.25) is 0 Å². The maximum Gasteiger partial charge on any atom is 0.0553 e. The minimum absolute atomic E-state index is 1.06. The molecule has 0 amide bonds. The van der Waals surface area contributed by atoms with Gasteiger partial charge in [0, 0.05) is 39.8 Å².